The number of fused-ring (bicyclic) bond motifs is 4. The molecular formula is C43H58BNO14. The summed E-state index contributed by atoms with van der Waals surface area (Å²) in [6, 6.07) is 7.16. The zero-order valence-corrected chi connectivity index (χ0v) is 34.2. The summed E-state index contributed by atoms with van der Waals surface area (Å²) in [7, 11) is 0.442. The molecule has 2 saturated carbocycles. The molecule has 2 saturated heterocycles. The van der Waals surface area contributed by atoms with Crippen LogP contribution in [0, 0.1) is 22.7 Å². The number of carbonyl (C=O) groups is 4. The number of aliphatic hydroxyl groups is 2. The quantitative estimate of drug-likeness (QED) is 0.100. The predicted octanol–water partition coefficient (Wildman–Crippen LogP) is 4.06. The van der Waals surface area contributed by atoms with Crippen molar-refractivity contribution in [3.05, 3.63) is 59.7 Å². The van der Waals surface area contributed by atoms with Crippen LogP contribution in [0.2, 0.25) is 0 Å². The first-order valence-corrected chi connectivity index (χ1v) is 19.7. The van der Waals surface area contributed by atoms with Crippen LogP contribution in [0.25, 0.3) is 0 Å². The van der Waals surface area contributed by atoms with E-state index in [1.165, 1.54) is 19.9 Å². The zero-order chi connectivity index (χ0) is 42.5. The summed E-state index contributed by atoms with van der Waals surface area (Å²) in [5.74, 6) is -4.41. The van der Waals surface area contributed by atoms with Crippen LogP contribution in [0.3, 0.4) is 0 Å². The molecule has 5 aliphatic rings. The van der Waals surface area contributed by atoms with Gasteiger partial charge < -0.3 is 14.2 Å². The van der Waals surface area contributed by atoms with Crippen LogP contribution in [0.1, 0.15) is 92.4 Å². The first kappa shape index (κ1) is 46.0. The van der Waals surface area contributed by atoms with Crippen molar-refractivity contribution >= 4 is 37.1 Å². The van der Waals surface area contributed by atoms with Crippen molar-refractivity contribution in [1.29, 1.82) is 0 Å². The van der Waals surface area contributed by atoms with Gasteiger partial charge in [-0.15, -0.1) is 0 Å². The van der Waals surface area contributed by atoms with Crippen molar-refractivity contribution in [3.63, 3.8) is 0 Å². The number of rotatable bonds is 12. The Bertz CT molecular complexity index is 1870. The van der Waals surface area contributed by atoms with Gasteiger partial charge in [0.25, 0.3) is 0 Å². The molecule has 322 valence electrons. The van der Waals surface area contributed by atoms with E-state index < -0.39 is 107 Å². The summed E-state index contributed by atoms with van der Waals surface area (Å²) in [6.45, 7) is 16.9. The van der Waals surface area contributed by atoms with Crippen LogP contribution in [-0.4, -0.2) is 120 Å². The van der Waals surface area contributed by atoms with Gasteiger partial charge in [0, 0.05) is 20.3 Å². The van der Waals surface area contributed by atoms with E-state index in [0.717, 1.165) is 6.11 Å². The van der Waals surface area contributed by atoms with Crippen molar-refractivity contribution in [2.24, 2.45) is 27.7 Å². The average molecular weight is 824 g/mol. The fraction of sp³-hybridized carbons (Fsp3) is 0.651. The van der Waals surface area contributed by atoms with Crippen molar-refractivity contribution in [3.8, 4) is 0 Å². The van der Waals surface area contributed by atoms with E-state index in [1.54, 1.807) is 51.1 Å². The molecule has 0 radical (unpaired) electrons. The van der Waals surface area contributed by atoms with Crippen LogP contribution in [0.15, 0.2) is 59.1 Å². The summed E-state index contributed by atoms with van der Waals surface area (Å²) in [6.07, 6.45) is -7.21. The maximum absolute atomic E-state index is 14.4. The second kappa shape index (κ2) is 17.1. The van der Waals surface area contributed by atoms with Gasteiger partial charge in [-0.05, 0) is 18.2 Å². The van der Waals surface area contributed by atoms with Gasteiger partial charge in [-0.2, -0.15) is 0 Å². The third-order valence-corrected chi connectivity index (χ3v) is 13.0. The van der Waals surface area contributed by atoms with E-state index in [9.17, 15) is 34.1 Å². The van der Waals surface area contributed by atoms with E-state index in [-0.39, 0.29) is 44.8 Å². The van der Waals surface area contributed by atoms with Crippen molar-refractivity contribution in [2.75, 3.05) is 6.61 Å². The molecule has 2 aliphatic heterocycles. The fourth-order valence-electron chi connectivity index (χ4n) is 10.4. The molecule has 59 heavy (non-hydrogen) atoms. The molecule has 2 unspecified atom stereocenters. The second-order valence-corrected chi connectivity index (χ2v) is 17.3. The van der Waals surface area contributed by atoms with Gasteiger partial charge in [-0.3, -0.25) is 9.59 Å². The third-order valence-electron chi connectivity index (χ3n) is 13.0. The first-order chi connectivity index (χ1) is 27.3. The third kappa shape index (κ3) is 7.75. The van der Waals surface area contributed by atoms with Crippen molar-refractivity contribution in [2.45, 2.75) is 148 Å². The Kier molecular flexibility index (Phi) is 13.3. The number of benzene rings is 1. The monoisotopic (exact) mass is 823 g/mol. The Morgan fingerprint density at radius 2 is 1.71 bits per heavy atom. The number of hydrogen-bond donors (Lipinski definition) is 2. The van der Waals surface area contributed by atoms with Gasteiger partial charge in [0.05, 0.1) is 18.3 Å². The number of carbonyl (C=O) groups excluding carboxylic acids is 4. The van der Waals surface area contributed by atoms with Gasteiger partial charge in [0.2, 0.25) is 0 Å². The molecule has 15 nitrogen and oxygen atoms in total. The molecule has 3 aliphatic carbocycles. The molecule has 2 heterocycles. The zero-order valence-electron chi connectivity index (χ0n) is 34.2. The summed E-state index contributed by atoms with van der Waals surface area (Å²) >= 11 is 0. The average Bonchev–Trinajstić information content (AvgIpc) is 3.15. The Morgan fingerprint density at radius 3 is 2.27 bits per heavy atom. The molecule has 1 aromatic rings. The minimum atomic E-state index is -2.20. The Balaban J connectivity index is 0.00000661. The summed E-state index contributed by atoms with van der Waals surface area (Å²) < 4.78 is 55.7. The number of hydrogen-bond acceptors (Lipinski definition) is 15. The van der Waals surface area contributed by atoms with Crippen molar-refractivity contribution in [1.82, 2.24) is 0 Å². The SMILES string of the molecule is C.C=CC1O[C@H]2C[C@H]3OC[C@@]3(OC(C)=O)[C@H]3[C@H](OC(=O)c4ccccc4)[C@]4(O)C[C@H](OC(=O)C(O)[C@H](CC(C)C)N=CB=O)C(C)=C([C@H](OC(C)=O)[C@H](O1)[C@]23C)C4(C)C. The Morgan fingerprint density at radius 1 is 1.03 bits per heavy atom. The number of aliphatic imine (C=N–C) groups is 1. The summed E-state index contributed by atoms with van der Waals surface area (Å²) in [5, 5.41) is 25.1. The van der Waals surface area contributed by atoms with Crippen LogP contribution in [0.4, 0.5) is 0 Å². The normalized spacial score (nSPS) is 36.4. The molecule has 2 N–H and O–H groups in total. The van der Waals surface area contributed by atoms with E-state index in [1.807, 2.05) is 20.8 Å². The van der Waals surface area contributed by atoms with Crippen molar-refractivity contribution < 1.29 is 67.3 Å². The Hall–Kier alpha value is -4.09. The number of nitrogens with zero attached hydrogens (tertiary/aromatic N) is 1. The number of aliphatic hydroxyl groups excluding tert-OH is 1. The second-order valence-electron chi connectivity index (χ2n) is 17.3. The molecule has 1 aromatic carbocycles. The van der Waals surface area contributed by atoms with Crippen LogP contribution in [0.5, 0.6) is 0 Å². The number of esters is 4. The Labute approximate surface area is 346 Å². The first-order valence-electron chi connectivity index (χ1n) is 19.7. The van der Waals surface area contributed by atoms with Gasteiger partial charge in [0.15, 0.2) is 6.29 Å². The van der Waals surface area contributed by atoms with Gasteiger partial charge in [-0.1, -0.05) is 39.1 Å². The molecular weight excluding hydrogens is 765 g/mol. The fourth-order valence-corrected chi connectivity index (χ4v) is 10.4. The molecule has 13 atom stereocenters. The minimum absolute atomic E-state index is 0. The maximum atomic E-state index is 14.4. The van der Waals surface area contributed by atoms with E-state index in [2.05, 4.69) is 11.6 Å². The van der Waals surface area contributed by atoms with E-state index in [0.29, 0.717) is 18.3 Å². The van der Waals surface area contributed by atoms with E-state index in [4.69, 9.17) is 33.2 Å². The molecule has 0 amide bonds. The van der Waals surface area contributed by atoms with Crippen LogP contribution < -0.4 is 0 Å². The molecule has 4 fully saturated rings. The van der Waals surface area contributed by atoms with Crippen LogP contribution in [-0.2, 0) is 52.2 Å². The summed E-state index contributed by atoms with van der Waals surface area (Å²) in [5.41, 5.74) is -5.65. The number of ether oxygens (including phenoxy) is 7. The topological polar surface area (TPSA) is 203 Å². The van der Waals surface area contributed by atoms with Gasteiger partial charge in [-0.25, -0.2) is 4.79 Å². The van der Waals surface area contributed by atoms with Gasteiger partial charge >= 0.3 is 210 Å². The predicted molar refractivity (Wildman–Crippen MR) is 212 cm³/mol. The van der Waals surface area contributed by atoms with Crippen LogP contribution >= 0.6 is 0 Å². The van der Waals surface area contributed by atoms with Gasteiger partial charge in [0.1, 0.15) is 6.10 Å². The summed E-state index contributed by atoms with van der Waals surface area (Å²) in [4.78, 5) is 58.8. The molecule has 2 bridgehead atoms. The standard InChI is InChI=1S/C42H54BNO14.CH4/c1-10-30-55-28-17-29-41(19-52-29,58-24(6)46)34-36(57-37(48)25-14-12-11-13-15-25)42(50)18-27(54-38(49)32(47)26(16-21(2)3)44-20-43-51)22(4)31(39(42,7)8)33(53-23(5)45)35(56-30)40(28,34)9;/h10-15,20-21,26-30,32-36,47,50H,1,16-19H2,2-9H3;1H4/t26-,27-,28-,29+,30?,32?,33-,34-,35-,36-,40+,41-,42+;/m0./s1. The van der Waals surface area contributed by atoms with E-state index >= 15 is 0 Å². The molecule has 0 aromatic heterocycles. The molecule has 0 spiro atoms. The molecule has 6 rings (SSSR count). The molecule has 16 heteroatoms.